The highest BCUT2D eigenvalue weighted by Crippen LogP contribution is 2.27. The second-order valence-electron chi connectivity index (χ2n) is 3.98. The molecule has 1 N–H and O–H groups in total. The molecule has 0 amide bonds. The molecule has 1 aromatic rings. The molecular formula is C11H15N3O2. The van der Waals surface area contributed by atoms with E-state index in [4.69, 9.17) is 0 Å². The molecular weight excluding hydrogens is 206 g/mol. The molecule has 5 heteroatoms. The van der Waals surface area contributed by atoms with E-state index in [2.05, 4.69) is 11.9 Å². The van der Waals surface area contributed by atoms with Gasteiger partial charge in [-0.3, -0.25) is 10.1 Å². The number of anilines is 1. The molecule has 5 nitrogen and oxygen atoms in total. The first-order valence-corrected chi connectivity index (χ1v) is 5.33. The van der Waals surface area contributed by atoms with E-state index in [9.17, 15) is 10.1 Å². The van der Waals surface area contributed by atoms with Crippen molar-refractivity contribution in [3.8, 4) is 0 Å². The van der Waals surface area contributed by atoms with Crippen LogP contribution in [0.5, 0.6) is 0 Å². The predicted molar refractivity (Wildman–Crippen MR) is 61.4 cm³/mol. The lowest BCUT2D eigenvalue weighted by atomic mass is 10.2. The molecule has 0 radical (unpaired) electrons. The van der Waals surface area contributed by atoms with E-state index in [1.807, 2.05) is 12.1 Å². The van der Waals surface area contributed by atoms with E-state index < -0.39 is 0 Å². The van der Waals surface area contributed by atoms with Gasteiger partial charge in [-0.15, -0.1) is 0 Å². The van der Waals surface area contributed by atoms with Crippen molar-refractivity contribution in [3.05, 3.63) is 41.4 Å². The van der Waals surface area contributed by atoms with Crippen LogP contribution in [0.15, 0.2) is 24.3 Å². The van der Waals surface area contributed by atoms with Gasteiger partial charge in [-0.25, -0.2) is 0 Å². The molecule has 0 aliphatic carbocycles. The van der Waals surface area contributed by atoms with Crippen molar-refractivity contribution in [2.45, 2.75) is 0 Å². The van der Waals surface area contributed by atoms with Crippen LogP contribution in [0.3, 0.4) is 0 Å². The third kappa shape index (κ3) is 2.14. The molecule has 0 unspecified atom stereocenters. The van der Waals surface area contributed by atoms with Crippen LogP contribution in [0, 0.1) is 17.2 Å². The summed E-state index contributed by atoms with van der Waals surface area (Å²) < 4.78 is 0. The molecule has 0 bridgehead atoms. The lowest BCUT2D eigenvalue weighted by molar-refractivity contribution is -0.854. The monoisotopic (exact) mass is 221 g/mol. The molecule has 0 atom stereocenters. The van der Waals surface area contributed by atoms with E-state index in [-0.39, 0.29) is 10.6 Å². The molecule has 1 saturated heterocycles. The van der Waals surface area contributed by atoms with Gasteiger partial charge in [-0.1, -0.05) is 12.1 Å². The minimum atomic E-state index is -0.321. The summed E-state index contributed by atoms with van der Waals surface area (Å²) in [6, 6.07) is 6.90. The molecule has 2 rings (SSSR count). The first-order chi connectivity index (χ1) is 7.68. The Kier molecular flexibility index (Phi) is 3.05. The smallest absolute Gasteiger partial charge is 0.292 e. The molecule has 86 valence electrons. The second-order valence-corrected chi connectivity index (χ2v) is 3.98. The van der Waals surface area contributed by atoms with Crippen molar-refractivity contribution in [2.24, 2.45) is 0 Å². The van der Waals surface area contributed by atoms with Crippen LogP contribution in [-0.4, -0.2) is 31.1 Å². The SMILES string of the molecule is [CH2-][NH+]1CCN(c2ccccc2[N+](=O)[O-])CC1. The van der Waals surface area contributed by atoms with Gasteiger partial charge in [0.25, 0.3) is 5.69 Å². The molecule has 1 heterocycles. The van der Waals surface area contributed by atoms with Crippen LogP contribution in [-0.2, 0) is 0 Å². The number of nitro groups is 1. The topological polar surface area (TPSA) is 50.8 Å². The molecule has 0 aromatic heterocycles. The number of benzene rings is 1. The number of nitrogens with one attached hydrogen (secondary N) is 1. The quantitative estimate of drug-likeness (QED) is 0.437. The summed E-state index contributed by atoms with van der Waals surface area (Å²) in [6.45, 7) is 3.49. The molecule has 1 aliphatic heterocycles. The number of nitro benzene ring substituents is 1. The number of rotatable bonds is 2. The molecule has 16 heavy (non-hydrogen) atoms. The summed E-state index contributed by atoms with van der Waals surface area (Å²) in [5.74, 6) is 0. The van der Waals surface area contributed by atoms with E-state index >= 15 is 0 Å². The van der Waals surface area contributed by atoms with Gasteiger partial charge in [-0.2, -0.15) is 7.05 Å². The summed E-state index contributed by atoms with van der Waals surface area (Å²) >= 11 is 0. The maximum absolute atomic E-state index is 10.9. The number of para-hydroxylation sites is 2. The zero-order valence-corrected chi connectivity index (χ0v) is 9.06. The van der Waals surface area contributed by atoms with Crippen LogP contribution >= 0.6 is 0 Å². The zero-order valence-electron chi connectivity index (χ0n) is 9.06. The highest BCUT2D eigenvalue weighted by molar-refractivity contribution is 5.63. The minimum Gasteiger partial charge on any atom is -0.465 e. The van der Waals surface area contributed by atoms with Crippen LogP contribution in [0.1, 0.15) is 0 Å². The van der Waals surface area contributed by atoms with Gasteiger partial charge in [0.2, 0.25) is 0 Å². The Balaban J connectivity index is 2.23. The van der Waals surface area contributed by atoms with Crippen molar-refractivity contribution >= 4 is 11.4 Å². The maximum Gasteiger partial charge on any atom is 0.292 e. The normalized spacial score (nSPS) is 17.4. The number of nitrogens with zero attached hydrogens (tertiary/aromatic N) is 2. The lowest BCUT2D eigenvalue weighted by Crippen LogP contribution is -3.10. The Morgan fingerprint density at radius 1 is 1.31 bits per heavy atom. The third-order valence-corrected chi connectivity index (χ3v) is 2.89. The Bertz CT molecular complexity index is 387. The summed E-state index contributed by atoms with van der Waals surface area (Å²) in [4.78, 5) is 13.9. The second kappa shape index (κ2) is 4.49. The lowest BCUT2D eigenvalue weighted by Gasteiger charge is -2.34. The first-order valence-electron chi connectivity index (χ1n) is 5.33. The van der Waals surface area contributed by atoms with Crippen molar-refractivity contribution < 1.29 is 9.82 Å². The van der Waals surface area contributed by atoms with Crippen molar-refractivity contribution in [2.75, 3.05) is 31.1 Å². The van der Waals surface area contributed by atoms with E-state index in [1.165, 1.54) is 4.90 Å². The summed E-state index contributed by atoms with van der Waals surface area (Å²) in [5.41, 5.74) is 0.912. The Morgan fingerprint density at radius 3 is 2.56 bits per heavy atom. The molecule has 0 spiro atoms. The van der Waals surface area contributed by atoms with Crippen LogP contribution in [0.25, 0.3) is 0 Å². The fourth-order valence-corrected chi connectivity index (χ4v) is 1.95. The van der Waals surface area contributed by atoms with Crippen molar-refractivity contribution in [3.63, 3.8) is 0 Å². The summed E-state index contributed by atoms with van der Waals surface area (Å²) in [7, 11) is 3.94. The van der Waals surface area contributed by atoms with Gasteiger partial charge in [0.05, 0.1) is 31.1 Å². The number of hydrogen-bond acceptors (Lipinski definition) is 3. The fourth-order valence-electron chi connectivity index (χ4n) is 1.95. The maximum atomic E-state index is 10.9. The number of quaternary nitrogens is 1. The molecule has 0 saturated carbocycles. The fraction of sp³-hybridized carbons (Fsp3) is 0.364. The highest BCUT2D eigenvalue weighted by atomic mass is 16.6. The first kappa shape index (κ1) is 10.9. The van der Waals surface area contributed by atoms with E-state index in [0.717, 1.165) is 31.9 Å². The van der Waals surface area contributed by atoms with Crippen LogP contribution in [0.2, 0.25) is 0 Å². The van der Waals surface area contributed by atoms with Gasteiger partial charge in [0, 0.05) is 6.07 Å². The van der Waals surface area contributed by atoms with E-state index in [1.54, 1.807) is 12.1 Å². The Hall–Kier alpha value is -1.62. The van der Waals surface area contributed by atoms with E-state index in [0.29, 0.717) is 0 Å². The van der Waals surface area contributed by atoms with Gasteiger partial charge in [-0.05, 0) is 6.07 Å². The summed E-state index contributed by atoms with van der Waals surface area (Å²) in [5, 5.41) is 10.9. The average molecular weight is 221 g/mol. The Morgan fingerprint density at radius 2 is 1.94 bits per heavy atom. The van der Waals surface area contributed by atoms with Crippen LogP contribution < -0.4 is 9.80 Å². The number of hydrogen-bond donors (Lipinski definition) is 1. The van der Waals surface area contributed by atoms with Gasteiger partial charge < -0.3 is 9.80 Å². The zero-order chi connectivity index (χ0) is 11.5. The Labute approximate surface area is 94.4 Å². The highest BCUT2D eigenvalue weighted by Gasteiger charge is 2.21. The standard InChI is InChI=1S/C11H15N3O2/c1-12-6-8-13(9-7-12)10-4-2-3-5-11(10)14(15)16/h2-5,12H,1,6-9H2. The molecule has 1 fully saturated rings. The molecule has 1 aliphatic rings. The average Bonchev–Trinajstić information content (AvgIpc) is 2.30. The van der Waals surface area contributed by atoms with Gasteiger partial charge in [0.1, 0.15) is 5.69 Å². The van der Waals surface area contributed by atoms with Crippen molar-refractivity contribution in [1.29, 1.82) is 0 Å². The van der Waals surface area contributed by atoms with Crippen molar-refractivity contribution in [1.82, 2.24) is 0 Å². The number of piperazine rings is 1. The largest absolute Gasteiger partial charge is 0.465 e. The minimum absolute atomic E-state index is 0.190. The van der Waals surface area contributed by atoms with Gasteiger partial charge in [0.15, 0.2) is 0 Å². The van der Waals surface area contributed by atoms with Gasteiger partial charge >= 0.3 is 0 Å². The molecule has 1 aromatic carbocycles. The predicted octanol–water partition coefficient (Wildman–Crippen LogP) is 0.0913. The van der Waals surface area contributed by atoms with Crippen LogP contribution in [0.4, 0.5) is 11.4 Å². The third-order valence-electron chi connectivity index (χ3n) is 2.89. The summed E-state index contributed by atoms with van der Waals surface area (Å²) in [6.07, 6.45) is 0.